The fourth-order valence-electron chi connectivity index (χ4n) is 3.33. The Balaban J connectivity index is 1.57. The smallest absolute Gasteiger partial charge is 0.266 e. The molecular weight excluding hydrogens is 388 g/mol. The topological polar surface area (TPSA) is 60.9 Å². The summed E-state index contributed by atoms with van der Waals surface area (Å²) in [7, 11) is 1.62. The largest absolute Gasteiger partial charge is 0.494 e. The van der Waals surface area contributed by atoms with Crippen LogP contribution in [0.2, 0.25) is 0 Å². The monoisotopic (exact) mass is 412 g/mol. The predicted octanol–water partition coefficient (Wildman–Crippen LogP) is 4.20. The van der Waals surface area contributed by atoms with Crippen molar-refractivity contribution in [1.29, 1.82) is 0 Å². The zero-order valence-corrected chi connectivity index (χ0v) is 17.4. The number of amides is 1. The zero-order valence-electron chi connectivity index (χ0n) is 16.6. The van der Waals surface area contributed by atoms with E-state index in [0.29, 0.717) is 23.2 Å². The van der Waals surface area contributed by atoms with E-state index in [2.05, 4.69) is 0 Å². The number of aryl methyl sites for hydroxylation is 1. The van der Waals surface area contributed by atoms with Crippen molar-refractivity contribution in [2.75, 3.05) is 31.8 Å². The van der Waals surface area contributed by atoms with Crippen LogP contribution in [-0.2, 0) is 9.53 Å². The standard InChI is InChI=1S/C22H24N2O4S/c1-15-8-10-16(11-9-15)28-14-20(25)24(13-17-5-4-12-27-17)22-23-21-18(26-2)6-3-7-19(21)29-22/h3,6-11,17H,4-5,12-14H2,1-2H3. The number of methoxy groups -OCH3 is 1. The molecule has 0 bridgehead atoms. The van der Waals surface area contributed by atoms with E-state index < -0.39 is 0 Å². The summed E-state index contributed by atoms with van der Waals surface area (Å²) in [5.41, 5.74) is 1.91. The number of thiazole rings is 1. The Labute approximate surface area is 174 Å². The minimum atomic E-state index is -0.140. The lowest BCUT2D eigenvalue weighted by Gasteiger charge is -2.23. The van der Waals surface area contributed by atoms with Gasteiger partial charge in [0.25, 0.3) is 5.91 Å². The predicted molar refractivity (Wildman–Crippen MR) is 114 cm³/mol. The van der Waals surface area contributed by atoms with E-state index in [9.17, 15) is 4.79 Å². The fourth-order valence-corrected chi connectivity index (χ4v) is 4.34. The molecule has 0 saturated carbocycles. The normalized spacial score (nSPS) is 16.1. The Bertz CT molecular complexity index is 980. The van der Waals surface area contributed by atoms with Gasteiger partial charge in [0.2, 0.25) is 0 Å². The van der Waals surface area contributed by atoms with Gasteiger partial charge in [-0.2, -0.15) is 0 Å². The van der Waals surface area contributed by atoms with Crippen LogP contribution in [0.5, 0.6) is 11.5 Å². The second-order valence-electron chi connectivity index (χ2n) is 7.04. The number of nitrogens with zero attached hydrogens (tertiary/aromatic N) is 2. The van der Waals surface area contributed by atoms with Gasteiger partial charge in [-0.25, -0.2) is 4.98 Å². The van der Waals surface area contributed by atoms with E-state index in [1.165, 1.54) is 11.3 Å². The molecule has 0 aliphatic carbocycles. The summed E-state index contributed by atoms with van der Waals surface area (Å²) in [6.45, 7) is 3.17. The summed E-state index contributed by atoms with van der Waals surface area (Å²) in [6, 6.07) is 13.4. The van der Waals surface area contributed by atoms with Crippen LogP contribution in [0.3, 0.4) is 0 Å². The van der Waals surface area contributed by atoms with Gasteiger partial charge in [-0.3, -0.25) is 9.69 Å². The lowest BCUT2D eigenvalue weighted by Crippen LogP contribution is -2.40. The molecule has 1 amide bonds. The number of carbonyl (C=O) groups is 1. The average Bonchev–Trinajstić information content (AvgIpc) is 3.40. The summed E-state index contributed by atoms with van der Waals surface area (Å²) in [6.07, 6.45) is 1.98. The molecule has 6 nitrogen and oxygen atoms in total. The summed E-state index contributed by atoms with van der Waals surface area (Å²) in [5.74, 6) is 1.23. The maximum absolute atomic E-state index is 13.1. The number of hydrogen-bond acceptors (Lipinski definition) is 6. The minimum Gasteiger partial charge on any atom is -0.494 e. The Kier molecular flexibility index (Phi) is 5.97. The van der Waals surface area contributed by atoms with Gasteiger partial charge >= 0.3 is 0 Å². The molecule has 3 aromatic rings. The summed E-state index contributed by atoms with van der Waals surface area (Å²) in [4.78, 5) is 19.5. The highest BCUT2D eigenvalue weighted by atomic mass is 32.1. The van der Waals surface area contributed by atoms with Gasteiger partial charge in [-0.05, 0) is 44.0 Å². The maximum Gasteiger partial charge on any atom is 0.266 e. The molecule has 0 spiro atoms. The van der Waals surface area contributed by atoms with Crippen LogP contribution in [0.25, 0.3) is 10.2 Å². The number of aromatic nitrogens is 1. The van der Waals surface area contributed by atoms with Gasteiger partial charge in [-0.1, -0.05) is 35.1 Å². The van der Waals surface area contributed by atoms with E-state index in [0.717, 1.165) is 35.2 Å². The van der Waals surface area contributed by atoms with Crippen molar-refractivity contribution in [3.8, 4) is 11.5 Å². The number of ether oxygens (including phenoxy) is 3. The molecule has 7 heteroatoms. The molecule has 1 aliphatic rings. The molecule has 152 valence electrons. The Morgan fingerprint density at radius 1 is 1.28 bits per heavy atom. The van der Waals surface area contributed by atoms with Gasteiger partial charge < -0.3 is 14.2 Å². The SMILES string of the molecule is COc1cccc2sc(N(CC3CCCO3)C(=O)COc3ccc(C)cc3)nc12. The van der Waals surface area contributed by atoms with Crippen LogP contribution in [0.1, 0.15) is 18.4 Å². The number of carbonyl (C=O) groups excluding carboxylic acids is 1. The molecule has 0 N–H and O–H groups in total. The highest BCUT2D eigenvalue weighted by Crippen LogP contribution is 2.34. The molecular formula is C22H24N2O4S. The van der Waals surface area contributed by atoms with Gasteiger partial charge in [0.05, 0.1) is 24.5 Å². The highest BCUT2D eigenvalue weighted by Gasteiger charge is 2.27. The quantitative estimate of drug-likeness (QED) is 0.582. The van der Waals surface area contributed by atoms with Crippen LogP contribution < -0.4 is 14.4 Å². The molecule has 1 saturated heterocycles. The number of anilines is 1. The van der Waals surface area contributed by atoms with Crippen molar-refractivity contribution in [2.24, 2.45) is 0 Å². The lowest BCUT2D eigenvalue weighted by molar-refractivity contribution is -0.120. The summed E-state index contributed by atoms with van der Waals surface area (Å²) in [5, 5.41) is 0.637. The molecule has 2 heterocycles. The fraction of sp³-hybridized carbons (Fsp3) is 0.364. The average molecular weight is 413 g/mol. The number of benzene rings is 2. The molecule has 1 atom stereocenters. The van der Waals surface area contributed by atoms with E-state index in [1.54, 1.807) is 12.0 Å². The van der Waals surface area contributed by atoms with Crippen molar-refractivity contribution in [3.05, 3.63) is 48.0 Å². The Hall–Kier alpha value is -2.64. The van der Waals surface area contributed by atoms with Crippen molar-refractivity contribution in [2.45, 2.75) is 25.9 Å². The third kappa shape index (κ3) is 4.52. The zero-order chi connectivity index (χ0) is 20.2. The third-order valence-corrected chi connectivity index (χ3v) is 5.96. The van der Waals surface area contributed by atoms with E-state index in [-0.39, 0.29) is 18.6 Å². The van der Waals surface area contributed by atoms with Crippen molar-refractivity contribution < 1.29 is 19.0 Å². The first-order valence-corrected chi connectivity index (χ1v) is 10.5. The Morgan fingerprint density at radius 2 is 2.10 bits per heavy atom. The molecule has 29 heavy (non-hydrogen) atoms. The number of rotatable bonds is 7. The summed E-state index contributed by atoms with van der Waals surface area (Å²) < 4.78 is 17.9. The van der Waals surface area contributed by atoms with Gasteiger partial charge in [0, 0.05) is 6.61 Å². The van der Waals surface area contributed by atoms with Crippen LogP contribution in [0, 0.1) is 6.92 Å². The number of para-hydroxylation sites is 1. The van der Waals surface area contributed by atoms with Crippen molar-refractivity contribution in [1.82, 2.24) is 4.98 Å². The van der Waals surface area contributed by atoms with Crippen LogP contribution >= 0.6 is 11.3 Å². The highest BCUT2D eigenvalue weighted by molar-refractivity contribution is 7.22. The molecule has 0 radical (unpaired) electrons. The van der Waals surface area contributed by atoms with Crippen LogP contribution in [-0.4, -0.2) is 43.9 Å². The van der Waals surface area contributed by atoms with E-state index in [1.807, 2.05) is 49.4 Å². The molecule has 1 unspecified atom stereocenters. The Morgan fingerprint density at radius 3 is 2.83 bits per heavy atom. The number of fused-ring (bicyclic) bond motifs is 1. The van der Waals surface area contributed by atoms with E-state index in [4.69, 9.17) is 19.2 Å². The second kappa shape index (κ2) is 8.80. The molecule has 2 aromatic carbocycles. The van der Waals surface area contributed by atoms with Crippen molar-refractivity contribution in [3.63, 3.8) is 0 Å². The first kappa shape index (κ1) is 19.7. The van der Waals surface area contributed by atoms with Gasteiger partial charge in [0.15, 0.2) is 11.7 Å². The molecule has 1 aliphatic heterocycles. The maximum atomic E-state index is 13.1. The minimum absolute atomic E-state index is 0.0206. The first-order chi connectivity index (χ1) is 14.1. The lowest BCUT2D eigenvalue weighted by atomic mass is 10.2. The first-order valence-electron chi connectivity index (χ1n) is 9.69. The van der Waals surface area contributed by atoms with E-state index >= 15 is 0 Å². The van der Waals surface area contributed by atoms with Crippen LogP contribution in [0.15, 0.2) is 42.5 Å². The summed E-state index contributed by atoms with van der Waals surface area (Å²) >= 11 is 1.47. The van der Waals surface area contributed by atoms with Gasteiger partial charge in [0.1, 0.15) is 17.0 Å². The molecule has 1 fully saturated rings. The van der Waals surface area contributed by atoms with Crippen LogP contribution in [0.4, 0.5) is 5.13 Å². The molecule has 4 rings (SSSR count). The van der Waals surface area contributed by atoms with Crippen molar-refractivity contribution >= 4 is 32.6 Å². The number of hydrogen-bond donors (Lipinski definition) is 0. The third-order valence-electron chi connectivity index (χ3n) is 4.92. The van der Waals surface area contributed by atoms with Gasteiger partial charge in [-0.15, -0.1) is 0 Å². The molecule has 1 aromatic heterocycles. The second-order valence-corrected chi connectivity index (χ2v) is 8.05.